The smallest absolute Gasteiger partial charge is 0.274 e. The van der Waals surface area contributed by atoms with Crippen LogP contribution in [0.1, 0.15) is 54.7 Å². The Kier molecular flexibility index (Phi) is 6.28. The number of alkyl halides is 1. The lowest BCUT2D eigenvalue weighted by Gasteiger charge is -2.11. The number of hydrogen-bond acceptors (Lipinski definition) is 9. The van der Waals surface area contributed by atoms with E-state index in [1.54, 1.807) is 6.92 Å². The number of nitrogens with one attached hydrogen (secondary N) is 1. The molecular weight excluding hydrogens is 416 g/mol. The van der Waals surface area contributed by atoms with Crippen LogP contribution in [-0.4, -0.2) is 48.9 Å². The summed E-state index contributed by atoms with van der Waals surface area (Å²) in [5.74, 6) is -1.37. The highest BCUT2D eigenvalue weighted by molar-refractivity contribution is 6.18. The molecule has 0 bridgehead atoms. The van der Waals surface area contributed by atoms with Gasteiger partial charge in [0.25, 0.3) is 11.8 Å². The molecule has 10 nitrogen and oxygen atoms in total. The maximum atomic E-state index is 12.5. The summed E-state index contributed by atoms with van der Waals surface area (Å²) < 4.78 is 10.4. The number of aliphatic hydroxyl groups excluding tert-OH is 1. The molecule has 1 aromatic carbocycles. The van der Waals surface area contributed by atoms with Crippen molar-refractivity contribution >= 4 is 17.5 Å². The van der Waals surface area contributed by atoms with Gasteiger partial charge in [-0.05, 0) is 24.5 Å². The van der Waals surface area contributed by atoms with Crippen molar-refractivity contribution in [1.29, 1.82) is 0 Å². The Morgan fingerprint density at radius 2 is 1.93 bits per heavy atom. The molecule has 2 aromatic heterocycles. The zero-order valence-corrected chi connectivity index (χ0v) is 17.3. The van der Waals surface area contributed by atoms with Crippen LogP contribution < -0.4 is 5.32 Å². The van der Waals surface area contributed by atoms with Gasteiger partial charge in [-0.1, -0.05) is 24.2 Å². The van der Waals surface area contributed by atoms with Crippen LogP contribution in [0.3, 0.4) is 0 Å². The van der Waals surface area contributed by atoms with Gasteiger partial charge in [0.1, 0.15) is 23.2 Å². The number of hydrogen-bond donors (Lipinski definition) is 4. The second-order valence-corrected chi connectivity index (χ2v) is 7.11. The number of benzene rings is 1. The largest absolute Gasteiger partial charge is 0.508 e. The minimum Gasteiger partial charge on any atom is -0.508 e. The van der Waals surface area contributed by atoms with Crippen LogP contribution in [0.4, 0.5) is 0 Å². The van der Waals surface area contributed by atoms with Gasteiger partial charge in [0.05, 0.1) is 11.4 Å². The Hall–Kier alpha value is -3.11. The second-order valence-electron chi connectivity index (χ2n) is 6.80. The number of phenols is 2. The molecule has 160 valence electrons. The lowest BCUT2D eigenvalue weighted by Crippen LogP contribution is -2.23. The van der Waals surface area contributed by atoms with Crippen molar-refractivity contribution in [3.8, 4) is 34.2 Å². The standard InChI is InChI=1S/C19H21ClN4O6/c1-4-21-18(28)15-14(17-22-19(30-24-17)13(27)7-20)16(29-23-15)10-5-9(8(2)3)11(25)6-12(10)26/h5-6,8,13,25-27H,4,7H2,1-3H3,(H,21,28). The molecule has 2 heterocycles. The van der Waals surface area contributed by atoms with E-state index in [0.29, 0.717) is 12.1 Å². The average molecular weight is 437 g/mol. The fourth-order valence-electron chi connectivity index (χ4n) is 2.86. The molecule has 3 aromatic rings. The molecule has 0 aliphatic rings. The zero-order valence-electron chi connectivity index (χ0n) is 16.5. The molecule has 0 aliphatic heterocycles. The lowest BCUT2D eigenvalue weighted by molar-refractivity contribution is 0.0947. The van der Waals surface area contributed by atoms with Crippen molar-refractivity contribution in [2.75, 3.05) is 12.4 Å². The van der Waals surface area contributed by atoms with Gasteiger partial charge in [-0.15, -0.1) is 11.6 Å². The summed E-state index contributed by atoms with van der Waals surface area (Å²) in [6, 6.07) is 2.72. The number of carbonyl (C=O) groups is 1. The lowest BCUT2D eigenvalue weighted by atomic mass is 9.96. The highest BCUT2D eigenvalue weighted by Crippen LogP contribution is 2.42. The number of aromatic nitrogens is 3. The van der Waals surface area contributed by atoms with Gasteiger partial charge in [-0.2, -0.15) is 4.98 Å². The molecule has 0 radical (unpaired) electrons. The summed E-state index contributed by atoms with van der Waals surface area (Å²) in [6.45, 7) is 5.82. The molecular formula is C19H21ClN4O6. The first-order valence-corrected chi connectivity index (χ1v) is 9.73. The third kappa shape index (κ3) is 3.96. The number of halogens is 1. The van der Waals surface area contributed by atoms with Crippen molar-refractivity contribution in [3.05, 3.63) is 29.3 Å². The average Bonchev–Trinajstić information content (AvgIpc) is 3.34. The van der Waals surface area contributed by atoms with E-state index in [2.05, 4.69) is 20.6 Å². The fraction of sp³-hybridized carbons (Fsp3) is 0.368. The van der Waals surface area contributed by atoms with Crippen molar-refractivity contribution in [3.63, 3.8) is 0 Å². The Morgan fingerprint density at radius 1 is 1.20 bits per heavy atom. The fourth-order valence-corrected chi connectivity index (χ4v) is 2.99. The minimum absolute atomic E-state index is 0.00312. The van der Waals surface area contributed by atoms with Crippen molar-refractivity contribution in [2.45, 2.75) is 32.8 Å². The molecule has 0 aliphatic carbocycles. The first-order chi connectivity index (χ1) is 14.3. The number of aliphatic hydroxyl groups is 1. The van der Waals surface area contributed by atoms with Crippen LogP contribution >= 0.6 is 11.6 Å². The Bertz CT molecular complexity index is 1060. The number of amides is 1. The molecule has 0 saturated heterocycles. The number of rotatable bonds is 7. The van der Waals surface area contributed by atoms with Gasteiger partial charge in [-0.25, -0.2) is 0 Å². The predicted molar refractivity (Wildman–Crippen MR) is 106 cm³/mol. The molecule has 0 fully saturated rings. The third-order valence-corrected chi connectivity index (χ3v) is 4.65. The van der Waals surface area contributed by atoms with Crippen LogP contribution in [0.5, 0.6) is 11.5 Å². The van der Waals surface area contributed by atoms with E-state index in [1.807, 2.05) is 13.8 Å². The van der Waals surface area contributed by atoms with E-state index in [4.69, 9.17) is 20.6 Å². The molecule has 1 atom stereocenters. The van der Waals surface area contributed by atoms with E-state index in [-0.39, 0.29) is 57.6 Å². The summed E-state index contributed by atoms with van der Waals surface area (Å²) >= 11 is 5.62. The normalized spacial score (nSPS) is 12.3. The Labute approximate surface area is 176 Å². The number of carbonyl (C=O) groups excluding carboxylic acids is 1. The van der Waals surface area contributed by atoms with Crippen LogP contribution in [0.25, 0.3) is 22.7 Å². The molecule has 3 rings (SSSR count). The monoisotopic (exact) mass is 436 g/mol. The predicted octanol–water partition coefficient (Wildman–Crippen LogP) is 2.95. The maximum absolute atomic E-state index is 12.5. The third-order valence-electron chi connectivity index (χ3n) is 4.35. The van der Waals surface area contributed by atoms with Crippen LogP contribution in [0.2, 0.25) is 0 Å². The summed E-state index contributed by atoms with van der Waals surface area (Å²) in [5, 5.41) is 40.7. The summed E-state index contributed by atoms with van der Waals surface area (Å²) in [5.41, 5.74) is 0.668. The first kappa shape index (κ1) is 21.6. The second kappa shape index (κ2) is 8.72. The van der Waals surface area contributed by atoms with Crippen molar-refractivity contribution in [1.82, 2.24) is 20.6 Å². The van der Waals surface area contributed by atoms with E-state index >= 15 is 0 Å². The van der Waals surface area contributed by atoms with Gasteiger partial charge >= 0.3 is 0 Å². The van der Waals surface area contributed by atoms with Crippen molar-refractivity contribution < 1.29 is 29.2 Å². The molecule has 0 spiro atoms. The zero-order chi connectivity index (χ0) is 22.0. The van der Waals surface area contributed by atoms with Crippen molar-refractivity contribution in [2.24, 2.45) is 0 Å². The molecule has 1 unspecified atom stereocenters. The van der Waals surface area contributed by atoms with E-state index in [1.165, 1.54) is 12.1 Å². The maximum Gasteiger partial charge on any atom is 0.274 e. The topological polar surface area (TPSA) is 155 Å². The van der Waals surface area contributed by atoms with E-state index in [9.17, 15) is 20.1 Å². The van der Waals surface area contributed by atoms with Gasteiger partial charge in [0.15, 0.2) is 11.5 Å². The molecule has 30 heavy (non-hydrogen) atoms. The molecule has 11 heteroatoms. The van der Waals surface area contributed by atoms with Crippen LogP contribution in [-0.2, 0) is 0 Å². The molecule has 0 saturated carbocycles. The first-order valence-electron chi connectivity index (χ1n) is 9.20. The van der Waals surface area contributed by atoms with Gasteiger partial charge in [0, 0.05) is 12.6 Å². The highest BCUT2D eigenvalue weighted by atomic mass is 35.5. The number of aromatic hydroxyl groups is 2. The Morgan fingerprint density at radius 3 is 2.57 bits per heavy atom. The number of nitrogens with zero attached hydrogens (tertiary/aromatic N) is 3. The van der Waals surface area contributed by atoms with E-state index < -0.39 is 12.0 Å². The SMILES string of the molecule is CCNC(=O)c1noc(-c2cc(C(C)C)c(O)cc2O)c1-c1noc(C(O)CCl)n1. The summed E-state index contributed by atoms with van der Waals surface area (Å²) in [6.07, 6.45) is -1.20. The molecule has 1 amide bonds. The quantitative estimate of drug-likeness (QED) is 0.409. The highest BCUT2D eigenvalue weighted by Gasteiger charge is 2.30. The van der Waals surface area contributed by atoms with Gasteiger partial charge in [-0.3, -0.25) is 4.79 Å². The van der Waals surface area contributed by atoms with Crippen LogP contribution in [0, 0.1) is 0 Å². The minimum atomic E-state index is -1.20. The van der Waals surface area contributed by atoms with Gasteiger partial charge in [0.2, 0.25) is 5.82 Å². The summed E-state index contributed by atoms with van der Waals surface area (Å²) in [7, 11) is 0. The van der Waals surface area contributed by atoms with E-state index in [0.717, 1.165) is 0 Å². The number of phenolic OH excluding ortho intramolecular Hbond substituents is 2. The summed E-state index contributed by atoms with van der Waals surface area (Å²) in [4.78, 5) is 16.6. The van der Waals surface area contributed by atoms with Gasteiger partial charge < -0.3 is 29.7 Å². The molecule has 4 N–H and O–H groups in total. The van der Waals surface area contributed by atoms with Crippen LogP contribution in [0.15, 0.2) is 21.2 Å². The Balaban J connectivity index is 2.23.